The van der Waals surface area contributed by atoms with Gasteiger partial charge in [0.2, 0.25) is 0 Å². The van der Waals surface area contributed by atoms with E-state index in [1.807, 2.05) is 42.5 Å². The van der Waals surface area contributed by atoms with Gasteiger partial charge in [0.15, 0.2) is 0 Å². The number of benzene rings is 1. The molecule has 108 valence electrons. The Hall–Kier alpha value is -3.13. The van der Waals surface area contributed by atoms with Crippen LogP contribution in [0, 0.1) is 11.3 Å². The summed E-state index contributed by atoms with van der Waals surface area (Å²) in [4.78, 5) is 15.6. The number of nitriles is 1. The van der Waals surface area contributed by atoms with E-state index in [-0.39, 0.29) is 5.69 Å². The molecule has 0 spiro atoms. The van der Waals surface area contributed by atoms with Gasteiger partial charge in [-0.3, -0.25) is 0 Å². The zero-order chi connectivity index (χ0) is 15.7. The number of fused-ring (bicyclic) bond motifs is 1. The van der Waals surface area contributed by atoms with E-state index in [0.29, 0.717) is 5.65 Å². The average molecular weight is 291 g/mol. The minimum Gasteiger partial charge on any atom is -0.480 e. The van der Waals surface area contributed by atoms with Crippen molar-refractivity contribution in [1.29, 1.82) is 5.26 Å². The van der Waals surface area contributed by atoms with Gasteiger partial charge in [-0.15, -0.1) is 0 Å². The third-order valence-corrected chi connectivity index (χ3v) is 3.65. The third-order valence-electron chi connectivity index (χ3n) is 3.65. The molecule has 1 aromatic carbocycles. The van der Waals surface area contributed by atoms with Crippen molar-refractivity contribution in [2.45, 2.75) is 13.0 Å². The summed E-state index contributed by atoms with van der Waals surface area (Å²) in [5.41, 5.74) is 2.66. The van der Waals surface area contributed by atoms with Gasteiger partial charge in [-0.1, -0.05) is 30.3 Å². The lowest BCUT2D eigenvalue weighted by Gasteiger charge is -2.09. The Kier molecular flexibility index (Phi) is 3.36. The topological polar surface area (TPSA) is 78.9 Å². The molecule has 22 heavy (non-hydrogen) atoms. The van der Waals surface area contributed by atoms with Crippen LogP contribution in [0.4, 0.5) is 0 Å². The predicted octanol–water partition coefficient (Wildman–Crippen LogP) is 3.22. The highest BCUT2D eigenvalue weighted by Gasteiger charge is 2.20. The van der Waals surface area contributed by atoms with E-state index >= 15 is 0 Å². The number of carboxylic acids is 1. The van der Waals surface area contributed by atoms with Gasteiger partial charge in [0.25, 0.3) is 0 Å². The molecule has 0 bridgehead atoms. The number of hydrogen-bond acceptors (Lipinski definition) is 3. The molecule has 0 amide bonds. The van der Waals surface area contributed by atoms with Gasteiger partial charge in [0.05, 0.1) is 0 Å². The Balaban J connectivity index is 2.31. The first-order valence-corrected chi connectivity index (χ1v) is 6.81. The molecule has 0 aliphatic heterocycles. The van der Waals surface area contributed by atoms with Gasteiger partial charge >= 0.3 is 5.97 Å². The summed E-state index contributed by atoms with van der Waals surface area (Å²) in [5, 5.41) is 19.1. The molecule has 0 fully saturated rings. The van der Waals surface area contributed by atoms with Crippen LogP contribution in [0.5, 0.6) is 0 Å². The number of pyridine rings is 1. The van der Waals surface area contributed by atoms with E-state index in [2.05, 4.69) is 4.98 Å². The van der Waals surface area contributed by atoms with E-state index in [4.69, 9.17) is 5.26 Å². The summed E-state index contributed by atoms with van der Waals surface area (Å²) < 4.78 is 1.60. The molecule has 1 atom stereocenters. The molecule has 3 rings (SSSR count). The van der Waals surface area contributed by atoms with Crippen molar-refractivity contribution in [2.24, 2.45) is 0 Å². The van der Waals surface area contributed by atoms with Crippen molar-refractivity contribution in [3.63, 3.8) is 0 Å². The highest BCUT2D eigenvalue weighted by molar-refractivity contribution is 5.95. The molecule has 0 saturated carbocycles. The largest absolute Gasteiger partial charge is 0.480 e. The molecule has 2 aromatic heterocycles. The second-order valence-corrected chi connectivity index (χ2v) is 5.01. The lowest BCUT2D eigenvalue weighted by molar-refractivity contribution is -0.140. The minimum atomic E-state index is -0.944. The number of aromatic nitrogens is 2. The molecule has 0 saturated heterocycles. The number of carboxylic acid groups (broad SMARTS) is 1. The summed E-state index contributed by atoms with van der Waals surface area (Å²) >= 11 is 0. The van der Waals surface area contributed by atoms with E-state index in [1.54, 1.807) is 23.8 Å². The Morgan fingerprint density at radius 1 is 1.27 bits per heavy atom. The van der Waals surface area contributed by atoms with Crippen molar-refractivity contribution >= 4 is 17.0 Å². The summed E-state index contributed by atoms with van der Waals surface area (Å²) in [7, 11) is 0. The van der Waals surface area contributed by atoms with Crippen molar-refractivity contribution in [1.82, 2.24) is 9.55 Å². The van der Waals surface area contributed by atoms with Crippen molar-refractivity contribution in [3.05, 3.63) is 54.4 Å². The van der Waals surface area contributed by atoms with Gasteiger partial charge in [-0.25, -0.2) is 9.78 Å². The molecule has 5 nitrogen and oxygen atoms in total. The fourth-order valence-corrected chi connectivity index (χ4v) is 2.45. The van der Waals surface area contributed by atoms with Crippen LogP contribution in [0.1, 0.15) is 18.7 Å². The molecule has 3 aromatic rings. The van der Waals surface area contributed by atoms with Crippen molar-refractivity contribution in [3.8, 4) is 17.2 Å². The number of rotatable bonds is 3. The van der Waals surface area contributed by atoms with Gasteiger partial charge in [0, 0.05) is 17.1 Å². The maximum Gasteiger partial charge on any atom is 0.326 e. The van der Waals surface area contributed by atoms with Crippen LogP contribution in [-0.2, 0) is 4.79 Å². The standard InChI is InChI=1S/C17H13N3O2/c1-11(17(21)22)20-10-15(12-5-3-2-4-6-12)14-8-7-13(9-18)19-16(14)20/h2-8,10-11H,1H3,(H,21,22). The second kappa shape index (κ2) is 5.34. The zero-order valence-corrected chi connectivity index (χ0v) is 11.9. The Labute approximate surface area is 127 Å². The quantitative estimate of drug-likeness (QED) is 0.803. The average Bonchev–Trinajstić information content (AvgIpc) is 2.93. The molecule has 0 radical (unpaired) electrons. The molecule has 0 aliphatic rings. The van der Waals surface area contributed by atoms with E-state index in [0.717, 1.165) is 16.5 Å². The van der Waals surface area contributed by atoms with Crippen LogP contribution < -0.4 is 0 Å². The first kappa shape index (κ1) is 13.8. The van der Waals surface area contributed by atoms with E-state index < -0.39 is 12.0 Å². The first-order valence-electron chi connectivity index (χ1n) is 6.81. The van der Waals surface area contributed by atoms with Crippen LogP contribution in [0.3, 0.4) is 0 Å². The van der Waals surface area contributed by atoms with Crippen LogP contribution in [0.2, 0.25) is 0 Å². The molecule has 1 unspecified atom stereocenters. The molecule has 1 N–H and O–H groups in total. The maximum atomic E-state index is 11.3. The number of hydrogen-bond donors (Lipinski definition) is 1. The van der Waals surface area contributed by atoms with Crippen LogP contribution in [0.25, 0.3) is 22.2 Å². The molecular formula is C17H13N3O2. The normalized spacial score (nSPS) is 12.0. The number of aliphatic carboxylic acids is 1. The number of carbonyl (C=O) groups is 1. The monoisotopic (exact) mass is 291 g/mol. The zero-order valence-electron chi connectivity index (χ0n) is 11.9. The molecule has 2 heterocycles. The fraction of sp³-hybridized carbons (Fsp3) is 0.118. The van der Waals surface area contributed by atoms with Crippen molar-refractivity contribution in [2.75, 3.05) is 0 Å². The highest BCUT2D eigenvalue weighted by atomic mass is 16.4. The second-order valence-electron chi connectivity index (χ2n) is 5.01. The van der Waals surface area contributed by atoms with Gasteiger partial charge in [0.1, 0.15) is 23.5 Å². The minimum absolute atomic E-state index is 0.268. The summed E-state index contributed by atoms with van der Waals surface area (Å²) in [6, 6.07) is 14.4. The van der Waals surface area contributed by atoms with Gasteiger partial charge < -0.3 is 9.67 Å². The first-order chi connectivity index (χ1) is 10.6. The lowest BCUT2D eigenvalue weighted by atomic mass is 10.1. The predicted molar refractivity (Wildman–Crippen MR) is 82.2 cm³/mol. The summed E-state index contributed by atoms with van der Waals surface area (Å²) in [6.45, 7) is 1.59. The Morgan fingerprint density at radius 2 is 2.00 bits per heavy atom. The molecular weight excluding hydrogens is 278 g/mol. The van der Waals surface area contributed by atoms with Crippen molar-refractivity contribution < 1.29 is 9.90 Å². The van der Waals surface area contributed by atoms with Crippen LogP contribution >= 0.6 is 0 Å². The maximum absolute atomic E-state index is 11.3. The summed E-state index contributed by atoms with van der Waals surface area (Å²) in [6.07, 6.45) is 1.78. The highest BCUT2D eigenvalue weighted by Crippen LogP contribution is 2.31. The van der Waals surface area contributed by atoms with Gasteiger partial charge in [-0.2, -0.15) is 5.26 Å². The van der Waals surface area contributed by atoms with Gasteiger partial charge in [-0.05, 0) is 24.6 Å². The van der Waals surface area contributed by atoms with Crippen LogP contribution in [0.15, 0.2) is 48.7 Å². The Bertz CT molecular complexity index is 891. The third kappa shape index (κ3) is 2.21. The molecule has 5 heteroatoms. The number of nitrogens with zero attached hydrogens (tertiary/aromatic N) is 3. The SMILES string of the molecule is CC(C(=O)O)n1cc(-c2ccccc2)c2ccc(C#N)nc21. The Morgan fingerprint density at radius 3 is 2.64 bits per heavy atom. The van der Waals surface area contributed by atoms with E-state index in [1.165, 1.54) is 0 Å². The smallest absolute Gasteiger partial charge is 0.326 e. The fourth-order valence-electron chi connectivity index (χ4n) is 2.45. The molecule has 0 aliphatic carbocycles. The van der Waals surface area contributed by atoms with Crippen LogP contribution in [-0.4, -0.2) is 20.6 Å². The summed E-state index contributed by atoms with van der Waals surface area (Å²) in [5.74, 6) is -0.944. The lowest BCUT2D eigenvalue weighted by Crippen LogP contribution is -2.15. The van der Waals surface area contributed by atoms with E-state index in [9.17, 15) is 9.90 Å².